The van der Waals surface area contributed by atoms with E-state index < -0.39 is 0 Å². The zero-order chi connectivity index (χ0) is 14.1. The van der Waals surface area contributed by atoms with Gasteiger partial charge in [0, 0.05) is 11.8 Å². The highest BCUT2D eigenvalue weighted by Crippen LogP contribution is 2.10. The molecular weight excluding hydrogens is 252 g/mol. The largest absolute Gasteiger partial charge is 0.288 e. The van der Waals surface area contributed by atoms with Gasteiger partial charge in [0.15, 0.2) is 5.78 Å². The number of rotatable bonds is 2. The average Bonchev–Trinajstić information content (AvgIpc) is 2.48. The maximum atomic E-state index is 12.5. The summed E-state index contributed by atoms with van der Waals surface area (Å²) in [5.41, 5.74) is 1.28. The number of hydrogen-bond donors (Lipinski definition) is 0. The first-order chi connectivity index (χ1) is 9.68. The molecule has 3 rings (SSSR count). The molecule has 2 aromatic heterocycles. The molecule has 0 atom stereocenters. The van der Waals surface area contributed by atoms with E-state index in [9.17, 15) is 9.59 Å². The van der Waals surface area contributed by atoms with E-state index in [4.69, 9.17) is 0 Å². The van der Waals surface area contributed by atoms with Crippen molar-refractivity contribution in [1.29, 1.82) is 0 Å². The van der Waals surface area contributed by atoms with E-state index in [0.717, 1.165) is 0 Å². The number of fused-ring (bicyclic) bond motifs is 1. The van der Waals surface area contributed by atoms with E-state index in [-0.39, 0.29) is 16.9 Å². The van der Waals surface area contributed by atoms with Crippen molar-refractivity contribution in [2.45, 2.75) is 6.92 Å². The Labute approximate surface area is 115 Å². The molecule has 0 unspecified atom stereocenters. The molecule has 20 heavy (non-hydrogen) atoms. The lowest BCUT2D eigenvalue weighted by Crippen LogP contribution is -2.25. The molecular formula is C16H12N2O2. The molecule has 98 valence electrons. The second-order valence-corrected chi connectivity index (χ2v) is 4.50. The van der Waals surface area contributed by atoms with Crippen molar-refractivity contribution < 1.29 is 4.79 Å². The molecule has 2 heterocycles. The number of aryl methyl sites for hydroxylation is 1. The van der Waals surface area contributed by atoms with Gasteiger partial charge in [-0.1, -0.05) is 36.4 Å². The predicted molar refractivity (Wildman–Crippen MR) is 76.1 cm³/mol. The zero-order valence-electron chi connectivity index (χ0n) is 10.9. The van der Waals surface area contributed by atoms with Crippen molar-refractivity contribution in [1.82, 2.24) is 9.38 Å². The molecule has 0 bridgehead atoms. The highest BCUT2D eigenvalue weighted by atomic mass is 16.1. The summed E-state index contributed by atoms with van der Waals surface area (Å²) in [6.45, 7) is 1.69. The minimum Gasteiger partial charge on any atom is -0.288 e. The van der Waals surface area contributed by atoms with Crippen LogP contribution in [0.3, 0.4) is 0 Å². The summed E-state index contributed by atoms with van der Waals surface area (Å²) in [5.74, 6) is -0.293. The molecule has 0 saturated carbocycles. The van der Waals surface area contributed by atoms with Gasteiger partial charge in [0.05, 0.1) is 5.69 Å². The molecule has 0 fully saturated rings. The fourth-order valence-electron chi connectivity index (χ4n) is 2.20. The van der Waals surface area contributed by atoms with Crippen LogP contribution in [0.2, 0.25) is 0 Å². The van der Waals surface area contributed by atoms with Crippen LogP contribution in [0.15, 0.2) is 59.5 Å². The summed E-state index contributed by atoms with van der Waals surface area (Å²) < 4.78 is 1.39. The van der Waals surface area contributed by atoms with E-state index in [1.54, 1.807) is 55.6 Å². The monoisotopic (exact) mass is 264 g/mol. The first-order valence-corrected chi connectivity index (χ1v) is 6.26. The number of nitrogens with zero attached hydrogens (tertiary/aromatic N) is 2. The van der Waals surface area contributed by atoms with Crippen LogP contribution in [0.25, 0.3) is 5.65 Å². The fraction of sp³-hybridized carbons (Fsp3) is 0.0625. The van der Waals surface area contributed by atoms with E-state index in [1.807, 2.05) is 6.07 Å². The van der Waals surface area contributed by atoms with Gasteiger partial charge in [-0.25, -0.2) is 4.98 Å². The van der Waals surface area contributed by atoms with Crippen molar-refractivity contribution in [2.75, 3.05) is 0 Å². The van der Waals surface area contributed by atoms with Gasteiger partial charge >= 0.3 is 0 Å². The molecule has 0 amide bonds. The molecule has 3 aromatic rings. The van der Waals surface area contributed by atoms with E-state index in [1.165, 1.54) is 4.40 Å². The molecule has 4 heteroatoms. The molecule has 1 aromatic carbocycles. The van der Waals surface area contributed by atoms with Crippen LogP contribution in [0, 0.1) is 6.92 Å². The van der Waals surface area contributed by atoms with Gasteiger partial charge < -0.3 is 0 Å². The molecule has 0 N–H and O–H groups in total. The van der Waals surface area contributed by atoms with Gasteiger partial charge in [0.1, 0.15) is 11.2 Å². The second-order valence-electron chi connectivity index (χ2n) is 4.50. The normalized spacial score (nSPS) is 10.7. The zero-order valence-corrected chi connectivity index (χ0v) is 10.9. The van der Waals surface area contributed by atoms with Crippen LogP contribution in [-0.2, 0) is 0 Å². The van der Waals surface area contributed by atoms with Crippen LogP contribution < -0.4 is 5.56 Å². The van der Waals surface area contributed by atoms with Gasteiger partial charge in [0.2, 0.25) is 0 Å². The Kier molecular flexibility index (Phi) is 2.91. The van der Waals surface area contributed by atoms with Crippen molar-refractivity contribution in [3.63, 3.8) is 0 Å². The molecule has 0 aliphatic heterocycles. The summed E-state index contributed by atoms with van der Waals surface area (Å²) in [6.07, 6.45) is 1.62. The summed E-state index contributed by atoms with van der Waals surface area (Å²) in [6, 6.07) is 14.0. The number of aromatic nitrogens is 2. The van der Waals surface area contributed by atoms with E-state index in [2.05, 4.69) is 4.98 Å². The number of ketones is 1. The lowest BCUT2D eigenvalue weighted by atomic mass is 10.0. The molecule has 0 radical (unpaired) electrons. The third kappa shape index (κ3) is 1.91. The predicted octanol–water partition coefficient (Wildman–Crippen LogP) is 2.23. The third-order valence-electron chi connectivity index (χ3n) is 3.18. The quantitative estimate of drug-likeness (QED) is 0.667. The van der Waals surface area contributed by atoms with E-state index >= 15 is 0 Å². The minimum absolute atomic E-state index is 0.125. The Hall–Kier alpha value is -2.75. The molecule has 0 aliphatic carbocycles. The van der Waals surface area contributed by atoms with Gasteiger partial charge in [-0.15, -0.1) is 0 Å². The van der Waals surface area contributed by atoms with Crippen molar-refractivity contribution in [3.05, 3.63) is 81.9 Å². The Morgan fingerprint density at radius 3 is 2.50 bits per heavy atom. The van der Waals surface area contributed by atoms with E-state index in [0.29, 0.717) is 16.9 Å². The summed E-state index contributed by atoms with van der Waals surface area (Å²) in [7, 11) is 0. The Morgan fingerprint density at radius 2 is 1.75 bits per heavy atom. The third-order valence-corrected chi connectivity index (χ3v) is 3.18. The van der Waals surface area contributed by atoms with Crippen LogP contribution >= 0.6 is 0 Å². The maximum absolute atomic E-state index is 12.5. The highest BCUT2D eigenvalue weighted by Gasteiger charge is 2.18. The van der Waals surface area contributed by atoms with Gasteiger partial charge in [-0.3, -0.25) is 14.0 Å². The lowest BCUT2D eigenvalue weighted by molar-refractivity contribution is 0.103. The van der Waals surface area contributed by atoms with Gasteiger partial charge in [-0.2, -0.15) is 0 Å². The van der Waals surface area contributed by atoms with Gasteiger partial charge in [-0.05, 0) is 19.1 Å². The molecule has 4 nitrogen and oxygen atoms in total. The topological polar surface area (TPSA) is 51.4 Å². The van der Waals surface area contributed by atoms with Crippen LogP contribution in [0.4, 0.5) is 0 Å². The number of benzene rings is 1. The van der Waals surface area contributed by atoms with Crippen molar-refractivity contribution in [3.8, 4) is 0 Å². The lowest BCUT2D eigenvalue weighted by Gasteiger charge is -2.07. The van der Waals surface area contributed by atoms with Crippen molar-refractivity contribution >= 4 is 11.4 Å². The van der Waals surface area contributed by atoms with Crippen LogP contribution in [-0.4, -0.2) is 15.2 Å². The Bertz CT molecular complexity index is 851. The molecule has 0 saturated heterocycles. The number of pyridine rings is 1. The summed E-state index contributed by atoms with van der Waals surface area (Å²) >= 11 is 0. The molecule has 0 aliphatic rings. The fourth-order valence-corrected chi connectivity index (χ4v) is 2.20. The average molecular weight is 264 g/mol. The van der Waals surface area contributed by atoms with Crippen molar-refractivity contribution in [2.24, 2.45) is 0 Å². The van der Waals surface area contributed by atoms with Crippen LogP contribution in [0.1, 0.15) is 21.6 Å². The number of carbonyl (C=O) groups is 1. The Morgan fingerprint density at radius 1 is 1.05 bits per heavy atom. The number of carbonyl (C=O) groups excluding carboxylic acids is 1. The first-order valence-electron chi connectivity index (χ1n) is 6.26. The Balaban J connectivity index is 2.27. The second kappa shape index (κ2) is 4.74. The highest BCUT2D eigenvalue weighted by molar-refractivity contribution is 6.09. The maximum Gasteiger partial charge on any atom is 0.269 e. The number of hydrogen-bond acceptors (Lipinski definition) is 3. The SMILES string of the molecule is Cc1nc2ccccn2c(=O)c1C(=O)c1ccccc1. The summed E-state index contributed by atoms with van der Waals surface area (Å²) in [5, 5.41) is 0. The van der Waals surface area contributed by atoms with Crippen LogP contribution in [0.5, 0.6) is 0 Å². The van der Waals surface area contributed by atoms with Gasteiger partial charge in [0.25, 0.3) is 5.56 Å². The standard InChI is InChI=1S/C16H12N2O2/c1-11-14(15(19)12-7-3-2-4-8-12)16(20)18-10-6-5-9-13(18)17-11/h2-10H,1H3. The smallest absolute Gasteiger partial charge is 0.269 e. The minimum atomic E-state index is -0.332. The molecule has 0 spiro atoms. The summed E-state index contributed by atoms with van der Waals surface area (Å²) in [4.78, 5) is 29.3. The first kappa shape index (κ1) is 12.3.